The molecule has 3 aliphatic rings. The fourth-order valence-electron chi connectivity index (χ4n) is 4.25. The molecule has 25 heavy (non-hydrogen) atoms. The Morgan fingerprint density at radius 3 is 2.68 bits per heavy atom. The number of hydrogen-bond donors (Lipinski definition) is 0. The van der Waals surface area contributed by atoms with E-state index >= 15 is 0 Å². The van der Waals surface area contributed by atoms with Crippen molar-refractivity contribution in [2.45, 2.75) is 18.6 Å². The SMILES string of the molecule is COc1c2n(ccc1=O)N1C(c3ccccc3)CC3=CCN(C2=O)C31. The van der Waals surface area contributed by atoms with Crippen LogP contribution in [0.3, 0.4) is 0 Å². The van der Waals surface area contributed by atoms with Gasteiger partial charge in [-0.2, -0.15) is 0 Å². The van der Waals surface area contributed by atoms with Gasteiger partial charge in [-0.05, 0) is 17.6 Å². The summed E-state index contributed by atoms with van der Waals surface area (Å²) in [5.41, 5.74) is 2.48. The molecule has 0 spiro atoms. The van der Waals surface area contributed by atoms with Gasteiger partial charge in [0.1, 0.15) is 6.17 Å². The summed E-state index contributed by atoms with van der Waals surface area (Å²) >= 11 is 0. The summed E-state index contributed by atoms with van der Waals surface area (Å²) in [7, 11) is 1.43. The highest BCUT2D eigenvalue weighted by atomic mass is 16.5. The molecule has 5 rings (SSSR count). The molecule has 0 radical (unpaired) electrons. The molecule has 1 fully saturated rings. The van der Waals surface area contributed by atoms with Crippen LogP contribution in [0, 0.1) is 0 Å². The monoisotopic (exact) mass is 335 g/mol. The number of carbonyl (C=O) groups excluding carboxylic acids is 1. The molecule has 126 valence electrons. The Morgan fingerprint density at radius 2 is 1.92 bits per heavy atom. The Balaban J connectivity index is 1.75. The lowest BCUT2D eigenvalue weighted by Gasteiger charge is -2.43. The van der Waals surface area contributed by atoms with Crippen LogP contribution in [-0.2, 0) is 0 Å². The summed E-state index contributed by atoms with van der Waals surface area (Å²) in [6, 6.07) is 11.8. The van der Waals surface area contributed by atoms with Gasteiger partial charge in [-0.3, -0.25) is 19.3 Å². The molecule has 1 aromatic carbocycles. The standard InChI is InChI=1S/C19H17N3O3/c1-25-17-15(23)8-10-21-16(17)19(24)20-9-7-13-11-14(22(21)18(13)20)12-5-3-2-4-6-12/h2-8,10,14,18H,9,11H2,1H3. The predicted octanol–water partition coefficient (Wildman–Crippen LogP) is 1.66. The number of methoxy groups -OCH3 is 1. The first kappa shape index (κ1) is 14.3. The maximum Gasteiger partial charge on any atom is 0.278 e. The molecule has 6 nitrogen and oxygen atoms in total. The molecule has 2 atom stereocenters. The second-order valence-corrected chi connectivity index (χ2v) is 6.53. The zero-order valence-electron chi connectivity index (χ0n) is 13.8. The molecule has 3 aliphatic heterocycles. The van der Waals surface area contributed by atoms with Crippen LogP contribution in [0.15, 0.2) is 59.0 Å². The normalized spacial score (nSPS) is 23.4. The molecule has 1 amide bonds. The third kappa shape index (κ3) is 1.79. The van der Waals surface area contributed by atoms with Gasteiger partial charge in [0.05, 0.1) is 13.2 Å². The number of pyridine rings is 1. The van der Waals surface area contributed by atoms with Gasteiger partial charge in [-0.1, -0.05) is 36.4 Å². The number of benzene rings is 1. The number of aromatic nitrogens is 1. The van der Waals surface area contributed by atoms with Crippen molar-refractivity contribution in [3.8, 4) is 5.75 Å². The van der Waals surface area contributed by atoms with Crippen LogP contribution in [0.5, 0.6) is 5.75 Å². The number of fused-ring (bicyclic) bond motifs is 2. The van der Waals surface area contributed by atoms with Gasteiger partial charge < -0.3 is 9.64 Å². The van der Waals surface area contributed by atoms with E-state index < -0.39 is 0 Å². The first-order chi connectivity index (χ1) is 12.2. The van der Waals surface area contributed by atoms with E-state index in [0.29, 0.717) is 12.2 Å². The van der Waals surface area contributed by atoms with Crippen molar-refractivity contribution in [1.82, 2.24) is 9.58 Å². The number of ether oxygens (including phenoxy) is 1. The first-order valence-corrected chi connectivity index (χ1v) is 8.34. The van der Waals surface area contributed by atoms with Gasteiger partial charge in [0.15, 0.2) is 11.4 Å². The molecule has 2 unspecified atom stereocenters. The van der Waals surface area contributed by atoms with Crippen molar-refractivity contribution in [3.63, 3.8) is 0 Å². The number of carbonyl (C=O) groups is 1. The zero-order chi connectivity index (χ0) is 17.1. The average molecular weight is 335 g/mol. The van der Waals surface area contributed by atoms with E-state index in [0.717, 1.165) is 6.42 Å². The second kappa shape index (κ2) is 4.99. The number of rotatable bonds is 2. The van der Waals surface area contributed by atoms with Crippen LogP contribution in [0.1, 0.15) is 28.5 Å². The van der Waals surface area contributed by atoms with E-state index in [-0.39, 0.29) is 29.3 Å². The van der Waals surface area contributed by atoms with Crippen molar-refractivity contribution < 1.29 is 9.53 Å². The second-order valence-electron chi connectivity index (χ2n) is 6.53. The Kier molecular flexibility index (Phi) is 2.86. The van der Waals surface area contributed by atoms with Gasteiger partial charge in [0.2, 0.25) is 5.43 Å². The lowest BCUT2D eigenvalue weighted by Crippen LogP contribution is -2.57. The smallest absolute Gasteiger partial charge is 0.278 e. The lowest BCUT2D eigenvalue weighted by molar-refractivity contribution is 0.0666. The minimum Gasteiger partial charge on any atom is -0.491 e. The Bertz CT molecular complexity index is 964. The van der Waals surface area contributed by atoms with Gasteiger partial charge in [0, 0.05) is 18.8 Å². The fraction of sp³-hybridized carbons (Fsp3) is 0.263. The third-order valence-electron chi connectivity index (χ3n) is 5.31. The average Bonchev–Trinajstić information content (AvgIpc) is 3.21. The van der Waals surface area contributed by atoms with Gasteiger partial charge in [-0.15, -0.1) is 0 Å². The maximum atomic E-state index is 13.0. The van der Waals surface area contributed by atoms with Crippen LogP contribution in [0.2, 0.25) is 0 Å². The quantitative estimate of drug-likeness (QED) is 0.784. The number of amides is 1. The van der Waals surface area contributed by atoms with Crippen LogP contribution < -0.4 is 15.2 Å². The molecular weight excluding hydrogens is 318 g/mol. The summed E-state index contributed by atoms with van der Waals surface area (Å²) < 4.78 is 7.10. The van der Waals surface area contributed by atoms with Gasteiger partial charge >= 0.3 is 0 Å². The van der Waals surface area contributed by atoms with E-state index in [4.69, 9.17) is 4.74 Å². The molecule has 0 N–H and O–H groups in total. The Hall–Kier alpha value is -3.02. The van der Waals surface area contributed by atoms with Crippen molar-refractivity contribution in [2.75, 3.05) is 18.7 Å². The predicted molar refractivity (Wildman–Crippen MR) is 92.2 cm³/mol. The van der Waals surface area contributed by atoms with E-state index in [1.807, 2.05) is 27.8 Å². The molecule has 0 aliphatic carbocycles. The zero-order valence-corrected chi connectivity index (χ0v) is 13.8. The van der Waals surface area contributed by atoms with Crippen LogP contribution >= 0.6 is 0 Å². The molecule has 6 heteroatoms. The van der Waals surface area contributed by atoms with Crippen LogP contribution in [-0.4, -0.2) is 35.3 Å². The Labute approximate surface area is 144 Å². The summed E-state index contributed by atoms with van der Waals surface area (Å²) in [4.78, 5) is 27.0. The maximum absolute atomic E-state index is 13.0. The van der Waals surface area contributed by atoms with Crippen molar-refractivity contribution >= 4 is 5.91 Å². The Morgan fingerprint density at radius 1 is 1.12 bits per heavy atom. The minimum atomic E-state index is -0.275. The highest BCUT2D eigenvalue weighted by Crippen LogP contribution is 2.45. The highest BCUT2D eigenvalue weighted by Gasteiger charge is 2.50. The molecule has 1 saturated heterocycles. The van der Waals surface area contributed by atoms with Gasteiger partial charge in [0.25, 0.3) is 5.91 Å². The number of nitrogens with zero attached hydrogens (tertiary/aromatic N) is 3. The van der Waals surface area contributed by atoms with Crippen molar-refractivity contribution in [2.24, 2.45) is 0 Å². The number of hydrogen-bond acceptors (Lipinski definition) is 4. The minimum absolute atomic E-state index is 0.0857. The molecule has 0 saturated carbocycles. The van der Waals surface area contributed by atoms with E-state index in [1.54, 1.807) is 6.20 Å². The highest BCUT2D eigenvalue weighted by molar-refractivity contribution is 5.97. The lowest BCUT2D eigenvalue weighted by atomic mass is 10.0. The van der Waals surface area contributed by atoms with E-state index in [9.17, 15) is 9.59 Å². The molecule has 4 heterocycles. The summed E-state index contributed by atoms with van der Waals surface area (Å²) in [6.45, 7) is 0.573. The van der Waals surface area contributed by atoms with Crippen molar-refractivity contribution in [3.05, 3.63) is 75.7 Å². The largest absolute Gasteiger partial charge is 0.491 e. The summed E-state index contributed by atoms with van der Waals surface area (Å²) in [6.07, 6.45) is 4.60. The third-order valence-corrected chi connectivity index (χ3v) is 5.31. The summed E-state index contributed by atoms with van der Waals surface area (Å²) in [5, 5.41) is 2.19. The van der Waals surface area contributed by atoms with E-state index in [1.165, 1.54) is 24.3 Å². The molecule has 0 bridgehead atoms. The van der Waals surface area contributed by atoms with E-state index in [2.05, 4.69) is 23.2 Å². The van der Waals surface area contributed by atoms with Gasteiger partial charge in [-0.25, -0.2) is 0 Å². The summed E-state index contributed by atoms with van der Waals surface area (Å²) in [5.74, 6) is -0.0473. The topological polar surface area (TPSA) is 54.8 Å². The molecule has 2 aromatic rings. The van der Waals surface area contributed by atoms with Crippen LogP contribution in [0.4, 0.5) is 0 Å². The van der Waals surface area contributed by atoms with Crippen molar-refractivity contribution in [1.29, 1.82) is 0 Å². The molecule has 1 aromatic heterocycles. The fourth-order valence-corrected chi connectivity index (χ4v) is 4.25. The van der Waals surface area contributed by atoms with Crippen LogP contribution in [0.25, 0.3) is 0 Å². The molecular formula is C19H17N3O3. The first-order valence-electron chi connectivity index (χ1n) is 8.34.